The molecule has 1 aliphatic heterocycles. The molecule has 1 aliphatic rings. The SMILES string of the molecule is CC[C@H](C)c1ccccc1OCCCOc1ccccc1/C=C1\SC(=S)N(C)C1=O. The summed E-state index contributed by atoms with van der Waals surface area (Å²) in [6.45, 7) is 5.52. The molecule has 3 rings (SSSR count). The van der Waals surface area contributed by atoms with Crippen molar-refractivity contribution in [3.63, 3.8) is 0 Å². The van der Waals surface area contributed by atoms with Gasteiger partial charge in [-0.05, 0) is 36.1 Å². The molecule has 1 amide bonds. The lowest BCUT2D eigenvalue weighted by molar-refractivity contribution is -0.121. The van der Waals surface area contributed by atoms with Gasteiger partial charge in [0.2, 0.25) is 0 Å². The van der Waals surface area contributed by atoms with Gasteiger partial charge < -0.3 is 9.47 Å². The lowest BCUT2D eigenvalue weighted by Gasteiger charge is -2.16. The monoisotopic (exact) mass is 441 g/mol. The van der Waals surface area contributed by atoms with E-state index in [0.717, 1.165) is 29.9 Å². The Balaban J connectivity index is 1.56. The summed E-state index contributed by atoms with van der Waals surface area (Å²) in [5.41, 5.74) is 2.12. The average Bonchev–Trinajstić information content (AvgIpc) is 3.01. The van der Waals surface area contributed by atoms with Gasteiger partial charge >= 0.3 is 0 Å². The fourth-order valence-corrected chi connectivity index (χ4v) is 4.25. The lowest BCUT2D eigenvalue weighted by atomic mass is 9.98. The summed E-state index contributed by atoms with van der Waals surface area (Å²) in [6.07, 6.45) is 3.69. The van der Waals surface area contributed by atoms with Gasteiger partial charge in [0.1, 0.15) is 15.8 Å². The minimum Gasteiger partial charge on any atom is -0.493 e. The molecule has 0 bridgehead atoms. The van der Waals surface area contributed by atoms with Crippen LogP contribution in [0.1, 0.15) is 43.7 Å². The van der Waals surface area contributed by atoms with Crippen LogP contribution in [0.3, 0.4) is 0 Å². The first-order valence-electron chi connectivity index (χ1n) is 10.2. The number of carbonyl (C=O) groups is 1. The summed E-state index contributed by atoms with van der Waals surface area (Å²) >= 11 is 6.51. The van der Waals surface area contributed by atoms with Crippen molar-refractivity contribution in [2.75, 3.05) is 20.3 Å². The van der Waals surface area contributed by atoms with E-state index in [4.69, 9.17) is 21.7 Å². The zero-order valence-electron chi connectivity index (χ0n) is 17.6. The summed E-state index contributed by atoms with van der Waals surface area (Å²) in [7, 11) is 1.69. The molecule has 1 saturated heterocycles. The summed E-state index contributed by atoms with van der Waals surface area (Å²) in [4.78, 5) is 14.4. The largest absolute Gasteiger partial charge is 0.493 e. The van der Waals surface area contributed by atoms with E-state index >= 15 is 0 Å². The van der Waals surface area contributed by atoms with Crippen LogP contribution < -0.4 is 9.47 Å². The molecular weight excluding hydrogens is 414 g/mol. The highest BCUT2D eigenvalue weighted by molar-refractivity contribution is 8.26. The number of hydrogen-bond acceptors (Lipinski definition) is 5. The smallest absolute Gasteiger partial charge is 0.265 e. The normalized spacial score (nSPS) is 16.2. The molecule has 4 nitrogen and oxygen atoms in total. The maximum Gasteiger partial charge on any atom is 0.265 e. The molecule has 1 atom stereocenters. The van der Waals surface area contributed by atoms with Crippen LogP contribution in [0.5, 0.6) is 11.5 Å². The van der Waals surface area contributed by atoms with Crippen LogP contribution in [0.4, 0.5) is 0 Å². The number of amides is 1. The molecule has 0 aromatic heterocycles. The Morgan fingerprint density at radius 1 is 1.07 bits per heavy atom. The van der Waals surface area contributed by atoms with E-state index in [9.17, 15) is 4.79 Å². The fourth-order valence-electron chi connectivity index (χ4n) is 3.08. The number of para-hydroxylation sites is 2. The second-order valence-electron chi connectivity index (χ2n) is 7.18. The van der Waals surface area contributed by atoms with Gasteiger partial charge in [-0.15, -0.1) is 0 Å². The minimum absolute atomic E-state index is 0.0758. The topological polar surface area (TPSA) is 38.8 Å². The van der Waals surface area contributed by atoms with Gasteiger partial charge in [0.05, 0.1) is 18.1 Å². The Morgan fingerprint density at radius 3 is 2.37 bits per heavy atom. The highest BCUT2D eigenvalue weighted by Gasteiger charge is 2.28. The summed E-state index contributed by atoms with van der Waals surface area (Å²) in [6, 6.07) is 15.9. The van der Waals surface area contributed by atoms with E-state index < -0.39 is 0 Å². The predicted molar refractivity (Wildman–Crippen MR) is 128 cm³/mol. The average molecular weight is 442 g/mol. The van der Waals surface area contributed by atoms with Crippen molar-refractivity contribution in [3.05, 3.63) is 64.6 Å². The predicted octanol–water partition coefficient (Wildman–Crippen LogP) is 5.88. The molecule has 0 spiro atoms. The Kier molecular flexibility index (Phi) is 7.94. The highest BCUT2D eigenvalue weighted by atomic mass is 32.2. The zero-order chi connectivity index (χ0) is 21.5. The molecule has 1 fully saturated rings. The molecule has 158 valence electrons. The van der Waals surface area contributed by atoms with E-state index in [1.54, 1.807) is 7.05 Å². The minimum atomic E-state index is -0.0758. The lowest BCUT2D eigenvalue weighted by Crippen LogP contribution is -2.22. The first-order chi connectivity index (χ1) is 14.5. The quantitative estimate of drug-likeness (QED) is 0.276. The molecule has 0 radical (unpaired) electrons. The first kappa shape index (κ1) is 22.4. The molecule has 2 aromatic carbocycles. The van der Waals surface area contributed by atoms with Crippen LogP contribution >= 0.6 is 24.0 Å². The number of nitrogens with zero attached hydrogens (tertiary/aromatic N) is 1. The number of benzene rings is 2. The Bertz CT molecular complexity index is 942. The molecule has 0 aliphatic carbocycles. The number of ether oxygens (including phenoxy) is 2. The summed E-state index contributed by atoms with van der Waals surface area (Å²) in [5, 5.41) is 0. The van der Waals surface area contributed by atoms with Crippen LogP contribution in [-0.4, -0.2) is 35.4 Å². The fraction of sp³-hybridized carbons (Fsp3) is 0.333. The van der Waals surface area contributed by atoms with E-state index in [1.807, 2.05) is 42.5 Å². The third-order valence-corrected chi connectivity index (χ3v) is 6.54. The van der Waals surface area contributed by atoms with Crippen molar-refractivity contribution in [2.24, 2.45) is 0 Å². The van der Waals surface area contributed by atoms with Gasteiger partial charge in [-0.2, -0.15) is 0 Å². The number of likely N-dealkylation sites (N-methyl/N-ethyl adjacent to an activating group) is 1. The highest BCUT2D eigenvalue weighted by Crippen LogP contribution is 2.33. The van der Waals surface area contributed by atoms with Crippen molar-refractivity contribution in [1.82, 2.24) is 4.90 Å². The van der Waals surface area contributed by atoms with Gasteiger partial charge in [-0.3, -0.25) is 9.69 Å². The molecule has 0 saturated carbocycles. The second-order valence-corrected chi connectivity index (χ2v) is 8.85. The van der Waals surface area contributed by atoms with Crippen LogP contribution in [-0.2, 0) is 4.79 Å². The molecular formula is C24H27NO3S2. The third kappa shape index (κ3) is 5.43. The molecule has 30 heavy (non-hydrogen) atoms. The molecule has 1 heterocycles. The van der Waals surface area contributed by atoms with Crippen LogP contribution in [0, 0.1) is 0 Å². The van der Waals surface area contributed by atoms with E-state index in [1.165, 1.54) is 22.2 Å². The molecule has 0 N–H and O–H groups in total. The maximum absolute atomic E-state index is 12.3. The van der Waals surface area contributed by atoms with Gasteiger partial charge in [0, 0.05) is 19.0 Å². The summed E-state index contributed by atoms with van der Waals surface area (Å²) < 4.78 is 12.6. The van der Waals surface area contributed by atoms with Crippen LogP contribution in [0.15, 0.2) is 53.4 Å². The summed E-state index contributed by atoms with van der Waals surface area (Å²) in [5.74, 6) is 2.10. The Hall–Kier alpha value is -2.31. The Labute approximate surface area is 188 Å². The zero-order valence-corrected chi connectivity index (χ0v) is 19.2. The number of carbonyl (C=O) groups excluding carboxylic acids is 1. The van der Waals surface area contributed by atoms with Gasteiger partial charge in [-0.1, -0.05) is 74.2 Å². The van der Waals surface area contributed by atoms with Gasteiger partial charge in [0.25, 0.3) is 5.91 Å². The van der Waals surface area contributed by atoms with Crippen molar-refractivity contribution < 1.29 is 14.3 Å². The van der Waals surface area contributed by atoms with E-state index in [2.05, 4.69) is 26.0 Å². The molecule has 6 heteroatoms. The maximum atomic E-state index is 12.3. The number of rotatable bonds is 9. The van der Waals surface area contributed by atoms with Gasteiger partial charge in [-0.25, -0.2) is 0 Å². The van der Waals surface area contributed by atoms with Crippen molar-refractivity contribution >= 4 is 40.3 Å². The number of thioether (sulfide) groups is 1. The Morgan fingerprint density at radius 2 is 1.70 bits per heavy atom. The van der Waals surface area contributed by atoms with E-state index in [-0.39, 0.29) is 5.91 Å². The second kappa shape index (κ2) is 10.6. The van der Waals surface area contributed by atoms with Crippen molar-refractivity contribution in [3.8, 4) is 11.5 Å². The number of hydrogen-bond donors (Lipinski definition) is 0. The van der Waals surface area contributed by atoms with Crippen molar-refractivity contribution in [1.29, 1.82) is 0 Å². The standard InChI is InChI=1S/C24H27NO3S2/c1-4-17(2)19-11-6-8-13-21(19)28-15-9-14-27-20-12-7-5-10-18(20)16-22-23(26)25(3)24(29)30-22/h5-8,10-13,16-17H,4,9,14-15H2,1-3H3/b22-16-/t17-/m0/s1. The number of thiocarbonyl (C=S) groups is 1. The van der Waals surface area contributed by atoms with Crippen molar-refractivity contribution in [2.45, 2.75) is 32.6 Å². The molecule has 2 aromatic rings. The third-order valence-electron chi connectivity index (χ3n) is 5.06. The first-order valence-corrected chi connectivity index (χ1v) is 11.4. The molecule has 0 unspecified atom stereocenters. The van der Waals surface area contributed by atoms with Gasteiger partial charge in [0.15, 0.2) is 0 Å². The van der Waals surface area contributed by atoms with Crippen LogP contribution in [0.2, 0.25) is 0 Å². The van der Waals surface area contributed by atoms with E-state index in [0.29, 0.717) is 28.4 Å². The van der Waals surface area contributed by atoms with Crippen LogP contribution in [0.25, 0.3) is 6.08 Å².